The van der Waals surface area contributed by atoms with E-state index in [1.165, 1.54) is 0 Å². The Bertz CT molecular complexity index is 700. The zero-order valence-electron chi connectivity index (χ0n) is 12.1. The van der Waals surface area contributed by atoms with E-state index in [4.69, 9.17) is 0 Å². The lowest BCUT2D eigenvalue weighted by Gasteiger charge is -2.36. The van der Waals surface area contributed by atoms with Crippen LogP contribution in [0.15, 0.2) is 36.4 Å². The second-order valence-electron chi connectivity index (χ2n) is 5.22. The first kappa shape index (κ1) is 13.4. The van der Waals surface area contributed by atoms with Crippen LogP contribution in [0, 0.1) is 6.92 Å². The van der Waals surface area contributed by atoms with Gasteiger partial charge in [0.1, 0.15) is 5.82 Å². The van der Waals surface area contributed by atoms with Crippen molar-refractivity contribution in [1.82, 2.24) is 4.98 Å². The zero-order chi connectivity index (χ0) is 15.0. The Morgan fingerprint density at radius 1 is 1.19 bits per heavy atom. The van der Waals surface area contributed by atoms with Crippen LogP contribution in [-0.4, -0.2) is 36.2 Å². The SMILES string of the molecule is Cc1cc(C(=O)O)cc(N2CCN(C)c3ccccc32)n1. The van der Waals surface area contributed by atoms with E-state index in [1.807, 2.05) is 25.1 Å². The van der Waals surface area contributed by atoms with Gasteiger partial charge in [0, 0.05) is 25.8 Å². The molecular weight excluding hydrogens is 266 g/mol. The molecule has 0 radical (unpaired) electrons. The molecule has 0 spiro atoms. The monoisotopic (exact) mass is 283 g/mol. The maximum absolute atomic E-state index is 11.2. The molecule has 5 heteroatoms. The summed E-state index contributed by atoms with van der Waals surface area (Å²) in [6.45, 7) is 3.47. The molecule has 0 bridgehead atoms. The summed E-state index contributed by atoms with van der Waals surface area (Å²) >= 11 is 0. The quantitative estimate of drug-likeness (QED) is 0.918. The Morgan fingerprint density at radius 2 is 1.90 bits per heavy atom. The lowest BCUT2D eigenvalue weighted by atomic mass is 10.1. The number of nitrogens with zero attached hydrogens (tertiary/aromatic N) is 3. The van der Waals surface area contributed by atoms with Gasteiger partial charge in [-0.05, 0) is 31.2 Å². The van der Waals surface area contributed by atoms with Gasteiger partial charge in [-0.1, -0.05) is 12.1 Å². The number of carboxylic acids is 1. The number of carboxylic acid groups (broad SMARTS) is 1. The van der Waals surface area contributed by atoms with Gasteiger partial charge in [-0.2, -0.15) is 0 Å². The number of rotatable bonds is 2. The maximum atomic E-state index is 11.2. The molecule has 0 saturated carbocycles. The Morgan fingerprint density at radius 3 is 2.62 bits per heavy atom. The molecule has 0 amide bonds. The number of hydrogen-bond acceptors (Lipinski definition) is 4. The Labute approximate surface area is 123 Å². The fourth-order valence-electron chi connectivity index (χ4n) is 2.66. The second-order valence-corrected chi connectivity index (χ2v) is 5.22. The van der Waals surface area contributed by atoms with Crippen LogP contribution < -0.4 is 9.80 Å². The first-order valence-corrected chi connectivity index (χ1v) is 6.86. The molecule has 0 unspecified atom stereocenters. The molecule has 0 fully saturated rings. The highest BCUT2D eigenvalue weighted by molar-refractivity contribution is 5.89. The predicted molar refractivity (Wildman–Crippen MR) is 82.7 cm³/mol. The number of fused-ring (bicyclic) bond motifs is 1. The summed E-state index contributed by atoms with van der Waals surface area (Å²) in [4.78, 5) is 20.0. The van der Waals surface area contributed by atoms with Gasteiger partial charge in [-0.25, -0.2) is 9.78 Å². The number of hydrogen-bond donors (Lipinski definition) is 1. The van der Waals surface area contributed by atoms with Crippen LogP contribution in [0.25, 0.3) is 0 Å². The summed E-state index contributed by atoms with van der Waals surface area (Å²) in [5, 5.41) is 9.21. The van der Waals surface area contributed by atoms with Gasteiger partial charge in [-0.3, -0.25) is 0 Å². The van der Waals surface area contributed by atoms with Crippen molar-refractivity contribution < 1.29 is 9.90 Å². The normalized spacial score (nSPS) is 14.0. The zero-order valence-corrected chi connectivity index (χ0v) is 12.1. The van der Waals surface area contributed by atoms with Gasteiger partial charge in [0.05, 0.1) is 16.9 Å². The van der Waals surface area contributed by atoms with E-state index in [0.717, 1.165) is 24.5 Å². The second kappa shape index (κ2) is 5.09. The molecule has 1 aliphatic heterocycles. The molecule has 1 aliphatic rings. The van der Waals surface area contributed by atoms with E-state index in [9.17, 15) is 9.90 Å². The van der Waals surface area contributed by atoms with E-state index in [2.05, 4.69) is 27.9 Å². The third-order valence-electron chi connectivity index (χ3n) is 3.71. The van der Waals surface area contributed by atoms with Crippen LogP contribution in [0.5, 0.6) is 0 Å². The Balaban J connectivity index is 2.10. The predicted octanol–water partition coefficient (Wildman–Crippen LogP) is 2.68. The number of benzene rings is 1. The number of anilines is 3. The highest BCUT2D eigenvalue weighted by Gasteiger charge is 2.22. The summed E-state index contributed by atoms with van der Waals surface area (Å²) in [6.07, 6.45) is 0. The van der Waals surface area contributed by atoms with Crippen molar-refractivity contribution in [1.29, 1.82) is 0 Å². The highest BCUT2D eigenvalue weighted by atomic mass is 16.4. The van der Waals surface area contributed by atoms with E-state index in [-0.39, 0.29) is 5.56 Å². The third-order valence-corrected chi connectivity index (χ3v) is 3.71. The van der Waals surface area contributed by atoms with Crippen LogP contribution in [0.3, 0.4) is 0 Å². The smallest absolute Gasteiger partial charge is 0.335 e. The minimum absolute atomic E-state index is 0.272. The van der Waals surface area contributed by atoms with Crippen LogP contribution in [0.1, 0.15) is 16.1 Å². The van der Waals surface area contributed by atoms with Crippen molar-refractivity contribution in [2.75, 3.05) is 29.9 Å². The molecular formula is C16H17N3O2. The molecule has 108 valence electrons. The third kappa shape index (κ3) is 2.42. The number of likely N-dealkylation sites (N-methyl/N-ethyl adjacent to an activating group) is 1. The average Bonchev–Trinajstić information content (AvgIpc) is 2.47. The molecule has 0 atom stereocenters. The molecule has 2 heterocycles. The lowest BCUT2D eigenvalue weighted by Crippen LogP contribution is -2.36. The molecule has 2 aromatic rings. The highest BCUT2D eigenvalue weighted by Crippen LogP contribution is 2.36. The van der Waals surface area contributed by atoms with Crippen molar-refractivity contribution in [3.05, 3.63) is 47.7 Å². The van der Waals surface area contributed by atoms with E-state index >= 15 is 0 Å². The summed E-state index contributed by atoms with van der Waals surface area (Å²) in [6, 6.07) is 11.3. The molecule has 1 N–H and O–H groups in total. The minimum Gasteiger partial charge on any atom is -0.478 e. The fraction of sp³-hybridized carbons (Fsp3) is 0.250. The average molecular weight is 283 g/mol. The lowest BCUT2D eigenvalue weighted by molar-refractivity contribution is 0.0696. The van der Waals surface area contributed by atoms with Crippen molar-refractivity contribution in [3.8, 4) is 0 Å². The van der Waals surface area contributed by atoms with Crippen molar-refractivity contribution in [3.63, 3.8) is 0 Å². The summed E-state index contributed by atoms with van der Waals surface area (Å²) in [5.41, 5.74) is 3.17. The number of carbonyl (C=O) groups is 1. The number of aromatic carboxylic acids is 1. The van der Waals surface area contributed by atoms with Crippen molar-refractivity contribution >= 4 is 23.2 Å². The van der Waals surface area contributed by atoms with Gasteiger partial charge in [-0.15, -0.1) is 0 Å². The summed E-state index contributed by atoms with van der Waals surface area (Å²) in [5.74, 6) is -0.239. The largest absolute Gasteiger partial charge is 0.478 e. The van der Waals surface area contributed by atoms with Crippen LogP contribution in [0.2, 0.25) is 0 Å². The Kier molecular flexibility index (Phi) is 3.25. The summed E-state index contributed by atoms with van der Waals surface area (Å²) in [7, 11) is 2.06. The van der Waals surface area contributed by atoms with Gasteiger partial charge >= 0.3 is 5.97 Å². The van der Waals surface area contributed by atoms with Gasteiger partial charge in [0.15, 0.2) is 0 Å². The minimum atomic E-state index is -0.927. The topological polar surface area (TPSA) is 56.7 Å². The molecule has 0 aliphatic carbocycles. The molecule has 3 rings (SSSR count). The summed E-state index contributed by atoms with van der Waals surface area (Å²) < 4.78 is 0. The van der Waals surface area contributed by atoms with Gasteiger partial charge in [0.25, 0.3) is 0 Å². The van der Waals surface area contributed by atoms with E-state index in [0.29, 0.717) is 11.5 Å². The van der Waals surface area contributed by atoms with Crippen LogP contribution >= 0.6 is 0 Å². The number of aromatic nitrogens is 1. The standard InChI is InChI=1S/C16H17N3O2/c1-11-9-12(16(20)21)10-15(17-11)19-8-7-18(2)13-5-3-4-6-14(13)19/h3-6,9-10H,7-8H2,1-2H3,(H,20,21). The number of para-hydroxylation sites is 2. The Hall–Kier alpha value is -2.56. The fourth-order valence-corrected chi connectivity index (χ4v) is 2.66. The van der Waals surface area contributed by atoms with Crippen LogP contribution in [-0.2, 0) is 0 Å². The molecule has 21 heavy (non-hydrogen) atoms. The van der Waals surface area contributed by atoms with E-state index < -0.39 is 5.97 Å². The van der Waals surface area contributed by atoms with Crippen molar-refractivity contribution in [2.24, 2.45) is 0 Å². The number of pyridine rings is 1. The molecule has 1 aromatic carbocycles. The van der Waals surface area contributed by atoms with Gasteiger partial charge < -0.3 is 14.9 Å². The number of aryl methyl sites for hydroxylation is 1. The first-order chi connectivity index (χ1) is 10.1. The maximum Gasteiger partial charge on any atom is 0.335 e. The molecule has 1 aromatic heterocycles. The first-order valence-electron chi connectivity index (χ1n) is 6.86. The molecule has 0 saturated heterocycles. The van der Waals surface area contributed by atoms with Gasteiger partial charge in [0.2, 0.25) is 0 Å². The molecule has 5 nitrogen and oxygen atoms in total. The van der Waals surface area contributed by atoms with Crippen LogP contribution in [0.4, 0.5) is 17.2 Å². The van der Waals surface area contributed by atoms with Crippen molar-refractivity contribution in [2.45, 2.75) is 6.92 Å². The van der Waals surface area contributed by atoms with E-state index in [1.54, 1.807) is 12.1 Å².